The number of hydrogen-bond donors (Lipinski definition) is 0. The molecule has 0 aliphatic carbocycles. The summed E-state index contributed by atoms with van der Waals surface area (Å²) in [6.45, 7) is 18.6. The summed E-state index contributed by atoms with van der Waals surface area (Å²) in [5, 5.41) is 0. The van der Waals surface area contributed by atoms with Crippen LogP contribution in [0.5, 0.6) is 0 Å². The van der Waals surface area contributed by atoms with E-state index in [0.29, 0.717) is 13.2 Å². The maximum absolute atomic E-state index is 10.7. The summed E-state index contributed by atoms with van der Waals surface area (Å²) in [4.78, 5) is 9.59. The van der Waals surface area contributed by atoms with Gasteiger partial charge in [-0.3, -0.25) is 0 Å². The van der Waals surface area contributed by atoms with Crippen molar-refractivity contribution in [1.82, 2.24) is 0 Å². The molecular weight excluding hydrogens is 626 g/mol. The van der Waals surface area contributed by atoms with Crippen molar-refractivity contribution in [2.45, 2.75) is 78.5 Å². The summed E-state index contributed by atoms with van der Waals surface area (Å²) in [5.74, 6) is 1.52. The zero-order chi connectivity index (χ0) is 30.1. The van der Waals surface area contributed by atoms with E-state index in [1.807, 2.05) is 0 Å². The van der Waals surface area contributed by atoms with Crippen LogP contribution in [0.4, 0.5) is 26.3 Å². The molecule has 19 heteroatoms. The Balaban J connectivity index is 0. The van der Waals surface area contributed by atoms with Crippen molar-refractivity contribution in [3.8, 4) is 0 Å². The summed E-state index contributed by atoms with van der Waals surface area (Å²) >= 11 is 0. The van der Waals surface area contributed by atoms with Crippen molar-refractivity contribution >= 4 is 32.0 Å². The summed E-state index contributed by atoms with van der Waals surface area (Å²) in [6.07, 6.45) is 0. The summed E-state index contributed by atoms with van der Waals surface area (Å²) < 4.78 is 130. The SMILES string of the molecule is CC(C)(C1=N[C@H](C(C)(C)C)CO1)C1=N[C@H](C(C)(C)C)CO1.O=S(=O)([O-])C(F)(F)F.O=S(=O)([O-])C(F)(F)F.[Cu+2]. The van der Waals surface area contributed by atoms with E-state index in [4.69, 9.17) is 45.4 Å². The first-order chi connectivity index (χ1) is 15.9. The molecule has 0 saturated heterocycles. The van der Waals surface area contributed by atoms with Gasteiger partial charge in [0.2, 0.25) is 0 Å². The average Bonchev–Trinajstić information content (AvgIpc) is 3.29. The first kappa shape index (κ1) is 39.0. The van der Waals surface area contributed by atoms with Crippen LogP contribution in [-0.2, 0) is 46.8 Å². The molecule has 0 amide bonds. The van der Waals surface area contributed by atoms with Crippen molar-refractivity contribution in [3.63, 3.8) is 0 Å². The van der Waals surface area contributed by atoms with E-state index in [-0.39, 0.29) is 45.4 Å². The Bertz CT molecular complexity index is 990. The molecule has 1 radical (unpaired) electrons. The smallest absolute Gasteiger partial charge is 0.741 e. The normalized spacial score (nSPS) is 20.8. The van der Waals surface area contributed by atoms with Gasteiger partial charge in [-0.05, 0) is 24.7 Å². The van der Waals surface area contributed by atoms with Crippen LogP contribution in [0, 0.1) is 16.2 Å². The van der Waals surface area contributed by atoms with Gasteiger partial charge in [0, 0.05) is 0 Å². The zero-order valence-corrected chi connectivity index (χ0v) is 24.2. The van der Waals surface area contributed by atoms with Gasteiger partial charge in [-0.1, -0.05) is 41.5 Å². The van der Waals surface area contributed by atoms with Gasteiger partial charge in [0.25, 0.3) is 0 Å². The monoisotopic (exact) mass is 655 g/mol. The second-order valence-corrected chi connectivity index (χ2v) is 13.4. The van der Waals surface area contributed by atoms with Gasteiger partial charge < -0.3 is 18.6 Å². The zero-order valence-electron chi connectivity index (χ0n) is 21.6. The summed E-state index contributed by atoms with van der Waals surface area (Å²) in [7, 11) is -12.2. The fourth-order valence-electron chi connectivity index (χ4n) is 2.41. The molecule has 2 rings (SSSR count). The molecule has 38 heavy (non-hydrogen) atoms. The third-order valence-electron chi connectivity index (χ3n) is 4.94. The topological polar surface area (TPSA) is 158 Å². The number of alkyl halides is 6. The molecular formula is C19H30CuF6N2O8S2. The minimum atomic E-state index is -6.09. The third kappa shape index (κ3) is 11.5. The van der Waals surface area contributed by atoms with Crippen LogP contribution in [0.15, 0.2) is 9.98 Å². The molecule has 229 valence electrons. The van der Waals surface area contributed by atoms with Gasteiger partial charge in [0.15, 0.2) is 32.0 Å². The number of aliphatic imine (C=N–C) groups is 2. The van der Waals surface area contributed by atoms with E-state index in [0.717, 1.165) is 11.8 Å². The van der Waals surface area contributed by atoms with Crippen LogP contribution in [0.2, 0.25) is 0 Å². The Labute approximate surface area is 228 Å². The predicted octanol–water partition coefficient (Wildman–Crippen LogP) is 3.80. The molecule has 2 aliphatic heterocycles. The second-order valence-electron chi connectivity index (χ2n) is 10.7. The maximum atomic E-state index is 10.7. The first-order valence-electron chi connectivity index (χ1n) is 10.4. The molecule has 0 aromatic carbocycles. The molecule has 0 spiro atoms. The number of hydrogen-bond acceptors (Lipinski definition) is 10. The summed E-state index contributed by atoms with van der Waals surface area (Å²) in [6, 6.07) is 0.402. The van der Waals surface area contributed by atoms with Gasteiger partial charge in [0.05, 0.1) is 12.1 Å². The van der Waals surface area contributed by atoms with E-state index in [9.17, 15) is 26.3 Å². The van der Waals surface area contributed by atoms with Gasteiger partial charge >= 0.3 is 28.1 Å². The molecule has 2 atom stereocenters. The Hall–Kier alpha value is -1.14. The number of rotatable bonds is 2. The van der Waals surface area contributed by atoms with Crippen molar-refractivity contribution in [1.29, 1.82) is 0 Å². The van der Waals surface area contributed by atoms with Gasteiger partial charge in [0.1, 0.15) is 18.6 Å². The Kier molecular flexibility index (Phi) is 12.9. The van der Waals surface area contributed by atoms with Crippen molar-refractivity contribution < 1.29 is 78.8 Å². The van der Waals surface area contributed by atoms with E-state index in [1.54, 1.807) is 0 Å². The van der Waals surface area contributed by atoms with Gasteiger partial charge in [-0.2, -0.15) is 26.3 Å². The molecule has 0 aromatic rings. The van der Waals surface area contributed by atoms with Crippen LogP contribution in [0.3, 0.4) is 0 Å². The molecule has 10 nitrogen and oxygen atoms in total. The average molecular weight is 656 g/mol. The predicted molar refractivity (Wildman–Crippen MR) is 119 cm³/mol. The van der Waals surface area contributed by atoms with Gasteiger partial charge in [-0.15, -0.1) is 0 Å². The van der Waals surface area contributed by atoms with E-state index >= 15 is 0 Å². The van der Waals surface area contributed by atoms with Crippen LogP contribution >= 0.6 is 0 Å². The van der Waals surface area contributed by atoms with E-state index < -0.39 is 31.3 Å². The number of ether oxygens (including phenoxy) is 2. The minimum Gasteiger partial charge on any atom is -0.741 e. The summed E-state index contributed by atoms with van der Waals surface area (Å²) in [5.41, 5.74) is -11.5. The largest absolute Gasteiger partial charge is 2.00 e. The van der Waals surface area contributed by atoms with Crippen molar-refractivity contribution in [2.24, 2.45) is 26.2 Å². The maximum Gasteiger partial charge on any atom is 2.00 e. The molecule has 0 unspecified atom stereocenters. The Morgan fingerprint density at radius 2 is 0.868 bits per heavy atom. The minimum absolute atomic E-state index is 0. The molecule has 0 bridgehead atoms. The molecule has 0 N–H and O–H groups in total. The quantitative estimate of drug-likeness (QED) is 0.188. The molecule has 2 heterocycles. The molecule has 0 aromatic heterocycles. The second kappa shape index (κ2) is 12.6. The van der Waals surface area contributed by atoms with E-state index in [2.05, 4.69) is 55.4 Å². The van der Waals surface area contributed by atoms with Crippen LogP contribution in [0.1, 0.15) is 55.4 Å². The Morgan fingerprint density at radius 1 is 0.658 bits per heavy atom. The first-order valence-corrected chi connectivity index (χ1v) is 13.2. The van der Waals surface area contributed by atoms with Crippen molar-refractivity contribution in [2.75, 3.05) is 13.2 Å². The van der Waals surface area contributed by atoms with Crippen LogP contribution in [0.25, 0.3) is 0 Å². The van der Waals surface area contributed by atoms with Gasteiger partial charge in [-0.25, -0.2) is 26.8 Å². The van der Waals surface area contributed by atoms with Crippen LogP contribution in [-0.4, -0.2) is 74.1 Å². The van der Waals surface area contributed by atoms with Crippen molar-refractivity contribution in [3.05, 3.63) is 0 Å². The van der Waals surface area contributed by atoms with E-state index in [1.165, 1.54) is 0 Å². The Morgan fingerprint density at radius 3 is 1.00 bits per heavy atom. The number of halogens is 6. The number of nitrogens with zero attached hydrogens (tertiary/aromatic N) is 2. The molecule has 0 fully saturated rings. The third-order valence-corrected chi connectivity index (χ3v) is 6.07. The standard InChI is InChI=1S/C17H30N2O2.2CHF3O3S.Cu/c1-15(2,3)11-9-20-13(18-11)17(7,8)14-19-12(10-21-14)16(4,5)6;2*2-1(3,4)8(5,6)7;/h11-12H,9-10H2,1-8H3;2*(H,5,6,7);/q;;;+2/p-2/t11-,12-;;;/m0.../s1. The molecule has 2 aliphatic rings. The fraction of sp³-hybridized carbons (Fsp3) is 0.895. The fourth-order valence-corrected chi connectivity index (χ4v) is 2.41. The van der Waals surface area contributed by atoms with Crippen LogP contribution < -0.4 is 0 Å². The molecule has 0 saturated carbocycles.